The first-order valence-electron chi connectivity index (χ1n) is 11.1. The van der Waals surface area contributed by atoms with E-state index >= 15 is 0 Å². The normalized spacial score (nSPS) is 19.1. The highest BCUT2D eigenvalue weighted by atomic mass is 16.5. The largest absolute Gasteiger partial charge is 0.378 e. The Bertz CT molecular complexity index is 1030. The van der Waals surface area contributed by atoms with E-state index in [9.17, 15) is 4.79 Å². The second kappa shape index (κ2) is 9.35. The average Bonchev–Trinajstić information content (AvgIpc) is 3.40. The Kier molecular flexibility index (Phi) is 5.98. The lowest BCUT2D eigenvalue weighted by Gasteiger charge is -2.33. The van der Waals surface area contributed by atoms with Crippen LogP contribution in [0, 0.1) is 5.92 Å². The van der Waals surface area contributed by atoms with E-state index in [4.69, 9.17) is 4.74 Å². The van der Waals surface area contributed by atoms with Crippen molar-refractivity contribution >= 4 is 23.1 Å². The van der Waals surface area contributed by atoms with Gasteiger partial charge in [-0.05, 0) is 43.2 Å². The maximum Gasteiger partial charge on any atom is 0.229 e. The molecule has 2 fully saturated rings. The van der Waals surface area contributed by atoms with Crippen molar-refractivity contribution in [1.29, 1.82) is 0 Å². The number of morpholine rings is 1. The predicted molar refractivity (Wildman–Crippen MR) is 122 cm³/mol. The van der Waals surface area contributed by atoms with E-state index in [0.717, 1.165) is 62.9 Å². The van der Waals surface area contributed by atoms with Gasteiger partial charge < -0.3 is 19.9 Å². The lowest BCUT2D eigenvalue weighted by Crippen LogP contribution is -2.41. The fourth-order valence-corrected chi connectivity index (χ4v) is 4.26. The molecule has 2 saturated heterocycles. The van der Waals surface area contributed by atoms with Gasteiger partial charge in [-0.15, -0.1) is 0 Å². The molecule has 166 valence electrons. The molecule has 2 aliphatic heterocycles. The molecule has 0 unspecified atom stereocenters. The summed E-state index contributed by atoms with van der Waals surface area (Å²) in [5.74, 6) is 1.49. The molecule has 0 radical (unpaired) electrons. The van der Waals surface area contributed by atoms with Crippen molar-refractivity contribution in [1.82, 2.24) is 19.7 Å². The zero-order chi connectivity index (χ0) is 21.8. The van der Waals surface area contributed by atoms with Crippen molar-refractivity contribution in [2.75, 3.05) is 54.5 Å². The van der Waals surface area contributed by atoms with Crippen molar-refractivity contribution in [3.8, 4) is 5.82 Å². The molecule has 1 N–H and O–H groups in total. The molecule has 0 aliphatic carbocycles. The number of nitrogens with zero attached hydrogens (tertiary/aromatic N) is 6. The van der Waals surface area contributed by atoms with Gasteiger partial charge in [-0.2, -0.15) is 5.10 Å². The van der Waals surface area contributed by atoms with Gasteiger partial charge >= 0.3 is 0 Å². The SMILES string of the molecule is O=C(Nc1ccc(N2CCOCC2)cc1)[C@H]1CCCN(c2cc(-n3cccn3)ncn2)C1. The van der Waals surface area contributed by atoms with Crippen LogP contribution in [0.25, 0.3) is 5.82 Å². The summed E-state index contributed by atoms with van der Waals surface area (Å²) < 4.78 is 7.12. The van der Waals surface area contributed by atoms with Crippen LogP contribution in [0.4, 0.5) is 17.2 Å². The quantitative estimate of drug-likeness (QED) is 0.661. The molecule has 2 aliphatic rings. The zero-order valence-corrected chi connectivity index (χ0v) is 17.9. The zero-order valence-electron chi connectivity index (χ0n) is 17.9. The van der Waals surface area contributed by atoms with Crippen LogP contribution in [-0.2, 0) is 9.53 Å². The second-order valence-electron chi connectivity index (χ2n) is 8.11. The summed E-state index contributed by atoms with van der Waals surface area (Å²) in [6.45, 7) is 4.81. The predicted octanol–water partition coefficient (Wildman–Crippen LogP) is 2.35. The number of amides is 1. The van der Waals surface area contributed by atoms with Gasteiger partial charge in [-0.1, -0.05) is 0 Å². The van der Waals surface area contributed by atoms with Gasteiger partial charge in [-0.25, -0.2) is 14.6 Å². The number of ether oxygens (including phenoxy) is 1. The van der Waals surface area contributed by atoms with Crippen LogP contribution in [0.3, 0.4) is 0 Å². The Hall–Kier alpha value is -3.46. The van der Waals surface area contributed by atoms with E-state index in [1.807, 2.05) is 30.5 Å². The van der Waals surface area contributed by atoms with Gasteiger partial charge in [0.05, 0.1) is 19.1 Å². The molecule has 1 aromatic carbocycles. The third-order valence-corrected chi connectivity index (χ3v) is 6.00. The third-order valence-electron chi connectivity index (χ3n) is 6.00. The van der Waals surface area contributed by atoms with Crippen molar-refractivity contribution in [2.24, 2.45) is 5.92 Å². The number of carbonyl (C=O) groups is 1. The molecule has 1 atom stereocenters. The molecular weight excluding hydrogens is 406 g/mol. The molecule has 4 heterocycles. The van der Waals surface area contributed by atoms with Crippen LogP contribution in [0.1, 0.15) is 12.8 Å². The molecular formula is C23H27N7O2. The maximum atomic E-state index is 13.0. The Labute approximate surface area is 187 Å². The number of benzene rings is 1. The summed E-state index contributed by atoms with van der Waals surface area (Å²) in [6, 6.07) is 11.8. The van der Waals surface area contributed by atoms with Crippen LogP contribution in [-0.4, -0.2) is 65.0 Å². The van der Waals surface area contributed by atoms with Crippen molar-refractivity contribution < 1.29 is 9.53 Å². The van der Waals surface area contributed by atoms with Crippen LogP contribution in [0.5, 0.6) is 0 Å². The number of anilines is 3. The summed E-state index contributed by atoms with van der Waals surface area (Å²) in [4.78, 5) is 26.2. The second-order valence-corrected chi connectivity index (χ2v) is 8.11. The van der Waals surface area contributed by atoms with Crippen molar-refractivity contribution in [3.05, 3.63) is 55.1 Å². The van der Waals surface area contributed by atoms with E-state index in [1.165, 1.54) is 0 Å². The lowest BCUT2D eigenvalue weighted by atomic mass is 9.97. The Morgan fingerprint density at radius 1 is 1.03 bits per heavy atom. The molecule has 0 saturated carbocycles. The molecule has 9 nitrogen and oxygen atoms in total. The highest BCUT2D eigenvalue weighted by molar-refractivity contribution is 5.93. The lowest BCUT2D eigenvalue weighted by molar-refractivity contribution is -0.120. The Morgan fingerprint density at radius 2 is 1.84 bits per heavy atom. The molecule has 9 heteroatoms. The standard InChI is InChI=1S/C23H27N7O2/c31-23(27-19-4-6-20(7-5-19)28-11-13-32-14-12-28)18-3-1-9-29(16-18)21-15-22(25-17-24-21)30-10-2-8-26-30/h2,4-8,10,15,17-18H,1,3,9,11-14,16H2,(H,27,31)/t18-/m0/s1. The Morgan fingerprint density at radius 3 is 2.62 bits per heavy atom. The molecule has 32 heavy (non-hydrogen) atoms. The number of carbonyl (C=O) groups excluding carboxylic acids is 1. The van der Waals surface area contributed by atoms with E-state index < -0.39 is 0 Å². The fraction of sp³-hybridized carbons (Fsp3) is 0.391. The maximum absolute atomic E-state index is 13.0. The van der Waals surface area contributed by atoms with E-state index in [0.29, 0.717) is 12.4 Å². The minimum atomic E-state index is -0.0919. The first-order chi connectivity index (χ1) is 15.8. The summed E-state index contributed by atoms with van der Waals surface area (Å²) in [7, 11) is 0. The number of piperidine rings is 1. The van der Waals surface area contributed by atoms with E-state index in [1.54, 1.807) is 17.2 Å². The Balaban J connectivity index is 1.22. The topological polar surface area (TPSA) is 88.4 Å². The van der Waals surface area contributed by atoms with Crippen LogP contribution >= 0.6 is 0 Å². The van der Waals surface area contributed by atoms with Crippen LogP contribution in [0.15, 0.2) is 55.1 Å². The molecule has 0 bridgehead atoms. The molecule has 2 aromatic heterocycles. The minimum Gasteiger partial charge on any atom is -0.378 e. The van der Waals surface area contributed by atoms with E-state index in [2.05, 4.69) is 42.3 Å². The van der Waals surface area contributed by atoms with Gasteiger partial charge in [-0.3, -0.25) is 4.79 Å². The van der Waals surface area contributed by atoms with Crippen LogP contribution < -0.4 is 15.1 Å². The summed E-state index contributed by atoms with van der Waals surface area (Å²) in [5, 5.41) is 7.33. The van der Waals surface area contributed by atoms with Gasteiger partial charge in [0.25, 0.3) is 0 Å². The van der Waals surface area contributed by atoms with Gasteiger partial charge in [0.2, 0.25) is 5.91 Å². The highest BCUT2D eigenvalue weighted by Crippen LogP contribution is 2.25. The smallest absolute Gasteiger partial charge is 0.229 e. The van der Waals surface area contributed by atoms with Gasteiger partial charge in [0.15, 0.2) is 5.82 Å². The first-order valence-corrected chi connectivity index (χ1v) is 11.1. The molecule has 5 rings (SSSR count). The van der Waals surface area contributed by atoms with Crippen molar-refractivity contribution in [2.45, 2.75) is 12.8 Å². The number of aromatic nitrogens is 4. The highest BCUT2D eigenvalue weighted by Gasteiger charge is 2.27. The summed E-state index contributed by atoms with van der Waals surface area (Å²) >= 11 is 0. The summed E-state index contributed by atoms with van der Waals surface area (Å²) in [6.07, 6.45) is 6.92. The number of rotatable bonds is 5. The van der Waals surface area contributed by atoms with Crippen molar-refractivity contribution in [3.63, 3.8) is 0 Å². The van der Waals surface area contributed by atoms with Gasteiger partial charge in [0, 0.05) is 56.0 Å². The number of hydrogen-bond acceptors (Lipinski definition) is 7. The number of hydrogen-bond donors (Lipinski definition) is 1. The monoisotopic (exact) mass is 433 g/mol. The molecule has 0 spiro atoms. The summed E-state index contributed by atoms with van der Waals surface area (Å²) in [5.41, 5.74) is 1.99. The number of nitrogens with one attached hydrogen (secondary N) is 1. The average molecular weight is 434 g/mol. The van der Waals surface area contributed by atoms with Gasteiger partial charge in [0.1, 0.15) is 12.1 Å². The van der Waals surface area contributed by atoms with E-state index in [-0.39, 0.29) is 11.8 Å². The molecule has 1 amide bonds. The fourth-order valence-electron chi connectivity index (χ4n) is 4.26. The van der Waals surface area contributed by atoms with Crippen LogP contribution in [0.2, 0.25) is 0 Å². The minimum absolute atomic E-state index is 0.0511. The molecule has 3 aromatic rings. The first kappa shape index (κ1) is 20.4. The third kappa shape index (κ3) is 4.57.